The van der Waals surface area contributed by atoms with Crippen molar-refractivity contribution in [3.8, 4) is 17.1 Å². The van der Waals surface area contributed by atoms with Crippen molar-refractivity contribution < 1.29 is 4.74 Å². The average molecular weight is 283 g/mol. The van der Waals surface area contributed by atoms with Crippen molar-refractivity contribution in [2.75, 3.05) is 19.1 Å². The number of methoxy groups -OCH3 is 1. The lowest BCUT2D eigenvalue weighted by Gasteiger charge is -2.08. The summed E-state index contributed by atoms with van der Waals surface area (Å²) in [6, 6.07) is 5.24. The van der Waals surface area contributed by atoms with E-state index >= 15 is 0 Å². The van der Waals surface area contributed by atoms with Crippen molar-refractivity contribution in [3.05, 3.63) is 23.2 Å². The average Bonchev–Trinajstić information content (AvgIpc) is 2.38. The topological polar surface area (TPSA) is 73.9 Å². The lowest BCUT2D eigenvalue weighted by atomic mass is 10.2. The second kappa shape index (κ2) is 5.41. The van der Waals surface area contributed by atoms with E-state index in [9.17, 15) is 0 Å². The van der Waals surface area contributed by atoms with Gasteiger partial charge in [-0.05, 0) is 24.5 Å². The SMILES string of the molecule is COc1ccc(Cl)cc1-c1nc(N)nc(SC)n1. The van der Waals surface area contributed by atoms with Gasteiger partial charge >= 0.3 is 0 Å². The van der Waals surface area contributed by atoms with Crippen LogP contribution in [0.4, 0.5) is 5.95 Å². The fourth-order valence-electron chi connectivity index (χ4n) is 1.44. The van der Waals surface area contributed by atoms with Gasteiger partial charge in [0.05, 0.1) is 12.7 Å². The first kappa shape index (κ1) is 12.9. The monoisotopic (exact) mass is 282 g/mol. The van der Waals surface area contributed by atoms with E-state index in [0.29, 0.717) is 27.3 Å². The number of nitrogens with two attached hydrogens (primary N) is 1. The maximum Gasteiger partial charge on any atom is 0.224 e. The zero-order valence-corrected chi connectivity index (χ0v) is 11.4. The van der Waals surface area contributed by atoms with Crippen molar-refractivity contribution in [2.24, 2.45) is 0 Å². The molecule has 0 bridgehead atoms. The molecule has 0 radical (unpaired) electrons. The highest BCUT2D eigenvalue weighted by atomic mass is 35.5. The summed E-state index contributed by atoms with van der Waals surface area (Å²) in [5.74, 6) is 1.26. The molecular weight excluding hydrogens is 272 g/mol. The Labute approximate surface area is 114 Å². The zero-order chi connectivity index (χ0) is 13.1. The van der Waals surface area contributed by atoms with Crippen LogP contribution in [0.3, 0.4) is 0 Å². The molecule has 1 heterocycles. The Morgan fingerprint density at radius 2 is 2.06 bits per heavy atom. The third-order valence-electron chi connectivity index (χ3n) is 2.22. The summed E-state index contributed by atoms with van der Waals surface area (Å²) in [6.45, 7) is 0. The molecule has 1 aromatic heterocycles. The minimum atomic E-state index is 0.173. The van der Waals surface area contributed by atoms with Gasteiger partial charge in [-0.2, -0.15) is 9.97 Å². The molecule has 0 aliphatic heterocycles. The van der Waals surface area contributed by atoms with Gasteiger partial charge in [-0.3, -0.25) is 0 Å². The van der Waals surface area contributed by atoms with Crippen LogP contribution in [-0.4, -0.2) is 28.3 Å². The molecule has 2 aromatic rings. The highest BCUT2D eigenvalue weighted by molar-refractivity contribution is 7.98. The first-order chi connectivity index (χ1) is 8.63. The number of nitrogens with zero attached hydrogens (tertiary/aromatic N) is 3. The number of halogens is 1. The molecule has 0 aliphatic carbocycles. The first-order valence-corrected chi connectivity index (χ1v) is 6.63. The molecule has 5 nitrogen and oxygen atoms in total. The van der Waals surface area contributed by atoms with Crippen LogP contribution in [0.15, 0.2) is 23.4 Å². The van der Waals surface area contributed by atoms with Crippen LogP contribution >= 0.6 is 23.4 Å². The van der Waals surface area contributed by atoms with E-state index in [-0.39, 0.29) is 5.95 Å². The fourth-order valence-corrected chi connectivity index (χ4v) is 1.97. The van der Waals surface area contributed by atoms with E-state index in [2.05, 4.69) is 15.0 Å². The number of hydrogen-bond acceptors (Lipinski definition) is 6. The molecule has 1 aromatic carbocycles. The maximum absolute atomic E-state index is 5.97. The number of thioether (sulfide) groups is 1. The Balaban J connectivity index is 2.60. The minimum Gasteiger partial charge on any atom is -0.496 e. The van der Waals surface area contributed by atoms with Gasteiger partial charge in [0.15, 0.2) is 11.0 Å². The number of rotatable bonds is 3. The molecule has 0 amide bonds. The number of aromatic nitrogens is 3. The molecule has 0 unspecified atom stereocenters. The Bertz CT molecular complexity index is 579. The van der Waals surface area contributed by atoms with Gasteiger partial charge in [0.25, 0.3) is 0 Å². The Morgan fingerprint density at radius 3 is 2.72 bits per heavy atom. The Kier molecular flexibility index (Phi) is 3.88. The van der Waals surface area contributed by atoms with Crippen molar-refractivity contribution in [1.29, 1.82) is 0 Å². The normalized spacial score (nSPS) is 10.4. The summed E-state index contributed by atoms with van der Waals surface area (Å²) in [5, 5.41) is 1.13. The van der Waals surface area contributed by atoms with E-state index < -0.39 is 0 Å². The number of anilines is 1. The largest absolute Gasteiger partial charge is 0.496 e. The Hall–Kier alpha value is -1.53. The van der Waals surface area contributed by atoms with Gasteiger partial charge < -0.3 is 10.5 Å². The third kappa shape index (κ3) is 2.65. The molecule has 0 spiro atoms. The highest BCUT2D eigenvalue weighted by Crippen LogP contribution is 2.31. The predicted molar refractivity (Wildman–Crippen MR) is 73.0 cm³/mol. The van der Waals surface area contributed by atoms with Crippen molar-refractivity contribution in [2.45, 2.75) is 5.16 Å². The molecule has 0 atom stereocenters. The lowest BCUT2D eigenvalue weighted by Crippen LogP contribution is -2.02. The van der Waals surface area contributed by atoms with E-state index in [0.717, 1.165) is 0 Å². The number of ether oxygens (including phenoxy) is 1. The van der Waals surface area contributed by atoms with Crippen molar-refractivity contribution in [3.63, 3.8) is 0 Å². The number of benzene rings is 1. The summed E-state index contributed by atoms with van der Waals surface area (Å²) < 4.78 is 5.26. The molecule has 94 valence electrons. The van der Waals surface area contributed by atoms with Gasteiger partial charge in [-0.1, -0.05) is 23.4 Å². The zero-order valence-electron chi connectivity index (χ0n) is 9.85. The van der Waals surface area contributed by atoms with Crippen LogP contribution in [0.25, 0.3) is 11.4 Å². The molecule has 0 aliphatic rings. The molecule has 2 rings (SSSR count). The molecule has 0 saturated heterocycles. The van der Waals surface area contributed by atoms with Gasteiger partial charge in [0, 0.05) is 5.02 Å². The van der Waals surface area contributed by atoms with Gasteiger partial charge in [0.1, 0.15) is 5.75 Å². The van der Waals surface area contributed by atoms with Crippen LogP contribution in [0, 0.1) is 0 Å². The lowest BCUT2D eigenvalue weighted by molar-refractivity contribution is 0.416. The van der Waals surface area contributed by atoms with Gasteiger partial charge in [-0.25, -0.2) is 4.98 Å². The summed E-state index contributed by atoms with van der Waals surface area (Å²) in [6.07, 6.45) is 1.87. The number of hydrogen-bond donors (Lipinski definition) is 1. The summed E-state index contributed by atoms with van der Waals surface area (Å²) in [5.41, 5.74) is 6.34. The second-order valence-corrected chi connectivity index (χ2v) is 4.56. The van der Waals surface area contributed by atoms with Gasteiger partial charge in [-0.15, -0.1) is 0 Å². The van der Waals surface area contributed by atoms with E-state index in [4.69, 9.17) is 22.1 Å². The summed E-state index contributed by atoms with van der Waals surface area (Å²) in [4.78, 5) is 12.4. The van der Waals surface area contributed by atoms with Crippen LogP contribution in [0.1, 0.15) is 0 Å². The molecular formula is C11H11ClN4OS. The Morgan fingerprint density at radius 1 is 1.28 bits per heavy atom. The van der Waals surface area contributed by atoms with E-state index in [1.54, 1.807) is 25.3 Å². The van der Waals surface area contributed by atoms with Crippen molar-refractivity contribution >= 4 is 29.3 Å². The third-order valence-corrected chi connectivity index (χ3v) is 3.00. The summed E-state index contributed by atoms with van der Waals surface area (Å²) in [7, 11) is 1.58. The fraction of sp³-hybridized carbons (Fsp3) is 0.182. The first-order valence-electron chi connectivity index (χ1n) is 5.03. The van der Waals surface area contributed by atoms with Crippen LogP contribution < -0.4 is 10.5 Å². The minimum absolute atomic E-state index is 0.173. The standard InChI is InChI=1S/C11H11ClN4OS/c1-17-8-4-3-6(12)5-7(8)9-14-10(13)16-11(15-9)18-2/h3-5H,1-2H3,(H2,13,14,15,16). The smallest absolute Gasteiger partial charge is 0.224 e. The molecule has 2 N–H and O–H groups in total. The van der Waals surface area contributed by atoms with Crippen molar-refractivity contribution in [1.82, 2.24) is 15.0 Å². The molecule has 18 heavy (non-hydrogen) atoms. The highest BCUT2D eigenvalue weighted by Gasteiger charge is 2.12. The van der Waals surface area contributed by atoms with E-state index in [1.807, 2.05) is 6.26 Å². The second-order valence-electron chi connectivity index (χ2n) is 3.35. The quantitative estimate of drug-likeness (QED) is 0.872. The summed E-state index contributed by atoms with van der Waals surface area (Å²) >= 11 is 7.37. The number of nitrogen functional groups attached to an aromatic ring is 1. The molecule has 0 saturated carbocycles. The molecule has 0 fully saturated rings. The molecule has 7 heteroatoms. The van der Waals surface area contributed by atoms with Crippen LogP contribution in [-0.2, 0) is 0 Å². The van der Waals surface area contributed by atoms with E-state index in [1.165, 1.54) is 11.8 Å². The van der Waals surface area contributed by atoms with Crippen LogP contribution in [0.2, 0.25) is 5.02 Å². The maximum atomic E-state index is 5.97. The van der Waals surface area contributed by atoms with Crippen LogP contribution in [0.5, 0.6) is 5.75 Å². The predicted octanol–water partition coefficient (Wildman–Crippen LogP) is 2.50. The van der Waals surface area contributed by atoms with Gasteiger partial charge in [0.2, 0.25) is 5.95 Å².